The van der Waals surface area contributed by atoms with Crippen molar-refractivity contribution in [2.24, 2.45) is 22.5 Å². The fourth-order valence-corrected chi connectivity index (χ4v) is 2.66. The summed E-state index contributed by atoms with van der Waals surface area (Å²) in [4.78, 5) is 14.8. The summed E-state index contributed by atoms with van der Waals surface area (Å²) in [5.74, 6) is 0.665. The summed E-state index contributed by atoms with van der Waals surface area (Å²) >= 11 is 5.07. The van der Waals surface area contributed by atoms with Gasteiger partial charge in [0.25, 0.3) is 0 Å². The van der Waals surface area contributed by atoms with Crippen molar-refractivity contribution in [1.29, 1.82) is 0 Å². The molecule has 0 radical (unpaired) electrons. The van der Waals surface area contributed by atoms with E-state index in [0.717, 1.165) is 19.5 Å². The highest BCUT2D eigenvalue weighted by Gasteiger charge is 2.42. The minimum atomic E-state index is -0.678. The van der Waals surface area contributed by atoms with Gasteiger partial charge in [0.2, 0.25) is 5.91 Å². The van der Waals surface area contributed by atoms with Crippen LogP contribution in [0.4, 0.5) is 0 Å². The lowest BCUT2D eigenvalue weighted by atomic mass is 9.80. The molecule has 1 aliphatic rings. The second-order valence-electron chi connectivity index (χ2n) is 6.65. The Morgan fingerprint density at radius 1 is 1.39 bits per heavy atom. The van der Waals surface area contributed by atoms with Crippen LogP contribution in [-0.2, 0) is 4.79 Å². The second kappa shape index (κ2) is 5.16. The van der Waals surface area contributed by atoms with Crippen molar-refractivity contribution in [3.8, 4) is 0 Å². The molecule has 1 aliphatic heterocycles. The first-order chi connectivity index (χ1) is 8.13. The molecule has 104 valence electrons. The van der Waals surface area contributed by atoms with E-state index in [1.54, 1.807) is 0 Å². The maximum Gasteiger partial charge on any atom is 0.235 e. The molecule has 3 nitrogen and oxygen atoms in total. The van der Waals surface area contributed by atoms with Gasteiger partial charge >= 0.3 is 0 Å². The minimum absolute atomic E-state index is 0.101. The second-order valence-corrected chi connectivity index (χ2v) is 7.09. The normalized spacial score (nSPS) is 23.8. The quantitative estimate of drug-likeness (QED) is 0.802. The molecule has 2 unspecified atom stereocenters. The van der Waals surface area contributed by atoms with Crippen molar-refractivity contribution in [2.75, 3.05) is 13.1 Å². The Morgan fingerprint density at radius 3 is 2.28 bits per heavy atom. The molecular weight excluding hydrogens is 244 g/mol. The van der Waals surface area contributed by atoms with E-state index in [4.69, 9.17) is 18.0 Å². The lowest BCUT2D eigenvalue weighted by molar-refractivity contribution is -0.136. The molecule has 18 heavy (non-hydrogen) atoms. The Morgan fingerprint density at radius 2 is 1.94 bits per heavy atom. The number of carbonyl (C=O) groups excluding carboxylic acids is 1. The van der Waals surface area contributed by atoms with Crippen LogP contribution in [0.5, 0.6) is 0 Å². The highest BCUT2D eigenvalue weighted by molar-refractivity contribution is 7.80. The smallest absolute Gasteiger partial charge is 0.235 e. The third kappa shape index (κ3) is 2.85. The van der Waals surface area contributed by atoms with E-state index in [1.165, 1.54) is 0 Å². The molecule has 0 aromatic heterocycles. The summed E-state index contributed by atoms with van der Waals surface area (Å²) in [7, 11) is 0. The maximum absolute atomic E-state index is 12.6. The van der Waals surface area contributed by atoms with Gasteiger partial charge in [0.1, 0.15) is 0 Å². The van der Waals surface area contributed by atoms with E-state index in [-0.39, 0.29) is 11.3 Å². The van der Waals surface area contributed by atoms with E-state index in [2.05, 4.69) is 20.8 Å². The zero-order chi connectivity index (χ0) is 14.1. The van der Waals surface area contributed by atoms with Crippen molar-refractivity contribution < 1.29 is 4.79 Å². The van der Waals surface area contributed by atoms with Crippen LogP contribution in [-0.4, -0.2) is 28.9 Å². The maximum atomic E-state index is 12.6. The van der Waals surface area contributed by atoms with Gasteiger partial charge in [0.15, 0.2) is 0 Å². The SMILES string of the molecule is CCC(C)(C(=O)N1CCC(C(C)(C)C)C1)C(N)=S. The van der Waals surface area contributed by atoms with Gasteiger partial charge in [-0.05, 0) is 31.1 Å². The molecule has 0 bridgehead atoms. The largest absolute Gasteiger partial charge is 0.392 e. The first kappa shape index (κ1) is 15.4. The number of likely N-dealkylation sites (tertiary alicyclic amines) is 1. The monoisotopic (exact) mass is 270 g/mol. The molecule has 1 amide bonds. The van der Waals surface area contributed by atoms with E-state index >= 15 is 0 Å². The average Bonchev–Trinajstić information content (AvgIpc) is 2.75. The molecule has 0 spiro atoms. The minimum Gasteiger partial charge on any atom is -0.392 e. The number of nitrogens with two attached hydrogens (primary N) is 1. The van der Waals surface area contributed by atoms with Crippen molar-refractivity contribution >= 4 is 23.1 Å². The van der Waals surface area contributed by atoms with Crippen LogP contribution >= 0.6 is 12.2 Å². The van der Waals surface area contributed by atoms with Crippen molar-refractivity contribution in [3.05, 3.63) is 0 Å². The molecule has 4 heteroatoms. The van der Waals surface area contributed by atoms with Gasteiger partial charge in [-0.15, -0.1) is 0 Å². The number of hydrogen-bond acceptors (Lipinski definition) is 2. The van der Waals surface area contributed by atoms with Crippen LogP contribution in [0, 0.1) is 16.7 Å². The van der Waals surface area contributed by atoms with Crippen molar-refractivity contribution in [3.63, 3.8) is 0 Å². The molecule has 0 aromatic rings. The molecule has 2 N–H and O–H groups in total. The molecule has 2 atom stereocenters. The van der Waals surface area contributed by atoms with E-state index < -0.39 is 5.41 Å². The Labute approximate surface area is 116 Å². The van der Waals surface area contributed by atoms with Gasteiger partial charge in [0, 0.05) is 13.1 Å². The fourth-order valence-electron chi connectivity index (χ4n) is 2.43. The molecule has 1 heterocycles. The van der Waals surface area contributed by atoms with Gasteiger partial charge in [0.05, 0.1) is 10.4 Å². The predicted octanol–water partition coefficient (Wildman–Crippen LogP) is 2.58. The molecular formula is C14H26N2OS. The summed E-state index contributed by atoms with van der Waals surface area (Å²) in [6, 6.07) is 0. The highest BCUT2D eigenvalue weighted by Crippen LogP contribution is 2.36. The number of amides is 1. The van der Waals surface area contributed by atoms with Gasteiger partial charge in [-0.25, -0.2) is 0 Å². The standard InChI is InChI=1S/C14H26N2OS/c1-6-14(5,11(15)18)12(17)16-8-7-10(9-16)13(2,3)4/h10H,6-9H2,1-5H3,(H2,15,18). The summed E-state index contributed by atoms with van der Waals surface area (Å²) in [6.07, 6.45) is 1.74. The van der Waals surface area contributed by atoms with Crippen LogP contribution in [0.15, 0.2) is 0 Å². The lowest BCUT2D eigenvalue weighted by Gasteiger charge is -2.32. The van der Waals surface area contributed by atoms with Gasteiger partial charge in [-0.3, -0.25) is 4.79 Å². The van der Waals surface area contributed by atoms with Crippen LogP contribution < -0.4 is 5.73 Å². The van der Waals surface area contributed by atoms with E-state index in [1.807, 2.05) is 18.7 Å². The number of nitrogens with zero attached hydrogens (tertiary/aromatic N) is 1. The third-order valence-electron chi connectivity index (χ3n) is 4.42. The predicted molar refractivity (Wildman–Crippen MR) is 79.3 cm³/mol. The van der Waals surface area contributed by atoms with E-state index in [9.17, 15) is 4.79 Å². The molecule has 0 aliphatic carbocycles. The summed E-state index contributed by atoms with van der Waals surface area (Å²) < 4.78 is 0. The third-order valence-corrected chi connectivity index (χ3v) is 4.87. The Hall–Kier alpha value is -0.640. The Balaban J connectivity index is 2.79. The van der Waals surface area contributed by atoms with Crippen LogP contribution in [0.2, 0.25) is 0 Å². The number of hydrogen-bond donors (Lipinski definition) is 1. The van der Waals surface area contributed by atoms with Crippen LogP contribution in [0.3, 0.4) is 0 Å². The lowest BCUT2D eigenvalue weighted by Crippen LogP contribution is -2.48. The van der Waals surface area contributed by atoms with Crippen LogP contribution in [0.1, 0.15) is 47.5 Å². The highest BCUT2D eigenvalue weighted by atomic mass is 32.1. The molecule has 1 rings (SSSR count). The summed E-state index contributed by atoms with van der Waals surface area (Å²) in [5.41, 5.74) is 5.33. The molecule has 0 aromatic carbocycles. The van der Waals surface area contributed by atoms with Gasteiger partial charge in [-0.2, -0.15) is 0 Å². The topological polar surface area (TPSA) is 46.3 Å². The number of carbonyl (C=O) groups is 1. The first-order valence-corrected chi connectivity index (χ1v) is 7.13. The first-order valence-electron chi connectivity index (χ1n) is 6.72. The average molecular weight is 270 g/mol. The number of thiocarbonyl (C=S) groups is 1. The molecule has 1 fully saturated rings. The summed E-state index contributed by atoms with van der Waals surface area (Å²) in [6.45, 7) is 12.2. The van der Waals surface area contributed by atoms with Crippen LogP contribution in [0.25, 0.3) is 0 Å². The van der Waals surface area contributed by atoms with Crippen molar-refractivity contribution in [1.82, 2.24) is 4.90 Å². The van der Waals surface area contributed by atoms with E-state index in [0.29, 0.717) is 17.3 Å². The zero-order valence-corrected chi connectivity index (χ0v) is 13.1. The Kier molecular flexibility index (Phi) is 4.42. The number of rotatable bonds is 3. The summed E-state index contributed by atoms with van der Waals surface area (Å²) in [5, 5.41) is 0. The Bertz CT molecular complexity index is 348. The van der Waals surface area contributed by atoms with Crippen molar-refractivity contribution in [2.45, 2.75) is 47.5 Å². The molecule has 0 saturated carbocycles. The fraction of sp³-hybridized carbons (Fsp3) is 0.857. The van der Waals surface area contributed by atoms with Gasteiger partial charge < -0.3 is 10.6 Å². The zero-order valence-electron chi connectivity index (χ0n) is 12.2. The molecule has 1 saturated heterocycles. The van der Waals surface area contributed by atoms with Gasteiger partial charge in [-0.1, -0.05) is 39.9 Å².